The Morgan fingerprint density at radius 1 is 1.32 bits per heavy atom. The van der Waals surface area contributed by atoms with E-state index in [4.69, 9.17) is 10.9 Å². The molecule has 7 heteroatoms. The van der Waals surface area contributed by atoms with Crippen LogP contribution in [0.4, 0.5) is 5.95 Å². The number of nitrogens with zero attached hydrogens (tertiary/aromatic N) is 3. The molecule has 4 rings (SSSR count). The van der Waals surface area contributed by atoms with Gasteiger partial charge in [0.25, 0.3) is 0 Å². The number of para-hydroxylation sites is 1. The molecule has 0 amide bonds. The number of imidazole rings is 1. The summed E-state index contributed by atoms with van der Waals surface area (Å²) in [5.41, 5.74) is 10.5. The van der Waals surface area contributed by atoms with E-state index in [1.807, 2.05) is 12.1 Å². The van der Waals surface area contributed by atoms with Crippen molar-refractivity contribution in [2.75, 3.05) is 18.9 Å². The van der Waals surface area contributed by atoms with Gasteiger partial charge in [0.2, 0.25) is 5.95 Å². The minimum absolute atomic E-state index is 0.0588. The topological polar surface area (TPSA) is 103 Å². The number of amidine groups is 1. The highest BCUT2D eigenvalue weighted by atomic mass is 16.4. The van der Waals surface area contributed by atoms with Crippen LogP contribution in [0.5, 0.6) is 0 Å². The molecule has 3 aromatic rings. The summed E-state index contributed by atoms with van der Waals surface area (Å²) in [6, 6.07) is 14.1. The standard InChI is InChI=1S/C18H20N6O/c1-24-9-11-5-2-3-6-12(11)15(10-24)21-18-20-14-8-4-7-13(16(14)22-18)17(19)23-25/h2-8,15,25H,9-10H2,1H3,(H2,19,23)(H2,20,21,22). The lowest BCUT2D eigenvalue weighted by atomic mass is 9.96. The second kappa shape index (κ2) is 6.10. The first-order valence-corrected chi connectivity index (χ1v) is 8.15. The third-order valence-corrected chi connectivity index (χ3v) is 4.58. The summed E-state index contributed by atoms with van der Waals surface area (Å²) in [7, 11) is 2.11. The number of rotatable bonds is 3. The Morgan fingerprint density at radius 3 is 3.00 bits per heavy atom. The Bertz CT molecular complexity index is 948. The second-order valence-electron chi connectivity index (χ2n) is 6.36. The summed E-state index contributed by atoms with van der Waals surface area (Å²) in [6.45, 7) is 1.84. The number of oxime groups is 1. The molecule has 0 bridgehead atoms. The largest absolute Gasteiger partial charge is 0.409 e. The number of aromatic amines is 1. The maximum absolute atomic E-state index is 8.96. The van der Waals surface area contributed by atoms with E-state index in [1.165, 1.54) is 11.1 Å². The molecule has 1 unspecified atom stereocenters. The van der Waals surface area contributed by atoms with Crippen LogP contribution in [-0.2, 0) is 6.54 Å². The normalized spacial score (nSPS) is 18.3. The smallest absolute Gasteiger partial charge is 0.201 e. The molecule has 0 aliphatic carbocycles. The van der Waals surface area contributed by atoms with Crippen LogP contribution in [0.3, 0.4) is 0 Å². The molecule has 128 valence electrons. The first-order valence-electron chi connectivity index (χ1n) is 8.15. The van der Waals surface area contributed by atoms with Crippen LogP contribution >= 0.6 is 0 Å². The van der Waals surface area contributed by atoms with Crippen LogP contribution in [0.1, 0.15) is 22.7 Å². The number of likely N-dealkylation sites (N-methyl/N-ethyl adjacent to an activating group) is 1. The highest BCUT2D eigenvalue weighted by molar-refractivity contribution is 6.07. The van der Waals surface area contributed by atoms with Crippen LogP contribution in [0.15, 0.2) is 47.6 Å². The maximum Gasteiger partial charge on any atom is 0.201 e. The van der Waals surface area contributed by atoms with Crippen molar-refractivity contribution in [1.29, 1.82) is 0 Å². The number of H-pyrrole nitrogens is 1. The minimum atomic E-state index is 0.0588. The Morgan fingerprint density at radius 2 is 2.16 bits per heavy atom. The van der Waals surface area contributed by atoms with Crippen LogP contribution in [0, 0.1) is 0 Å². The molecular weight excluding hydrogens is 316 g/mol. The Balaban J connectivity index is 1.70. The minimum Gasteiger partial charge on any atom is -0.409 e. The number of aromatic nitrogens is 2. The second-order valence-corrected chi connectivity index (χ2v) is 6.36. The van der Waals surface area contributed by atoms with Gasteiger partial charge in [-0.3, -0.25) is 4.90 Å². The summed E-state index contributed by atoms with van der Waals surface area (Å²) in [5, 5.41) is 15.5. The lowest BCUT2D eigenvalue weighted by Crippen LogP contribution is -2.34. The summed E-state index contributed by atoms with van der Waals surface area (Å²) >= 11 is 0. The summed E-state index contributed by atoms with van der Waals surface area (Å²) < 4.78 is 0. The van der Waals surface area contributed by atoms with Gasteiger partial charge in [0.1, 0.15) is 0 Å². The molecule has 0 saturated heterocycles. The van der Waals surface area contributed by atoms with Crippen LogP contribution < -0.4 is 11.1 Å². The van der Waals surface area contributed by atoms with E-state index in [-0.39, 0.29) is 11.9 Å². The summed E-state index contributed by atoms with van der Waals surface area (Å²) in [6.07, 6.45) is 0. The van der Waals surface area contributed by atoms with Gasteiger partial charge in [0.05, 0.1) is 17.1 Å². The van der Waals surface area contributed by atoms with Gasteiger partial charge >= 0.3 is 0 Å². The molecule has 1 aromatic heterocycles. The van der Waals surface area contributed by atoms with Crippen molar-refractivity contribution in [3.8, 4) is 0 Å². The number of hydrogen-bond donors (Lipinski definition) is 4. The first-order chi connectivity index (χ1) is 12.2. The number of nitrogens with one attached hydrogen (secondary N) is 2. The van der Waals surface area contributed by atoms with Crippen molar-refractivity contribution in [3.05, 3.63) is 59.2 Å². The Labute approximate surface area is 145 Å². The van der Waals surface area contributed by atoms with Crippen molar-refractivity contribution >= 4 is 22.8 Å². The molecule has 25 heavy (non-hydrogen) atoms. The fraction of sp³-hybridized carbons (Fsp3) is 0.222. The molecule has 7 nitrogen and oxygen atoms in total. The van der Waals surface area contributed by atoms with Crippen molar-refractivity contribution in [1.82, 2.24) is 14.9 Å². The number of fused-ring (bicyclic) bond motifs is 2. The molecule has 5 N–H and O–H groups in total. The van der Waals surface area contributed by atoms with E-state index < -0.39 is 0 Å². The van der Waals surface area contributed by atoms with Crippen molar-refractivity contribution in [2.24, 2.45) is 10.9 Å². The van der Waals surface area contributed by atoms with Crippen LogP contribution in [0.2, 0.25) is 0 Å². The first kappa shape index (κ1) is 15.5. The molecular formula is C18H20N6O. The van der Waals surface area contributed by atoms with E-state index in [0.29, 0.717) is 11.5 Å². The molecule has 0 spiro atoms. The van der Waals surface area contributed by atoms with E-state index in [9.17, 15) is 0 Å². The van der Waals surface area contributed by atoms with Crippen molar-refractivity contribution < 1.29 is 5.21 Å². The zero-order chi connectivity index (χ0) is 17.4. The van der Waals surface area contributed by atoms with E-state index in [1.54, 1.807) is 6.07 Å². The van der Waals surface area contributed by atoms with Gasteiger partial charge in [-0.15, -0.1) is 0 Å². The molecule has 2 aromatic carbocycles. The van der Waals surface area contributed by atoms with Crippen LogP contribution in [0.25, 0.3) is 11.0 Å². The molecule has 1 aliphatic heterocycles. The molecule has 2 heterocycles. The summed E-state index contributed by atoms with van der Waals surface area (Å²) in [4.78, 5) is 10.1. The third kappa shape index (κ3) is 2.78. The van der Waals surface area contributed by atoms with Crippen molar-refractivity contribution in [3.63, 3.8) is 0 Å². The van der Waals surface area contributed by atoms with Gasteiger partial charge in [-0.05, 0) is 30.3 Å². The van der Waals surface area contributed by atoms with Gasteiger partial charge in [-0.2, -0.15) is 0 Å². The SMILES string of the molecule is CN1Cc2ccccc2C(Nc2nc3cccc(C(N)=NO)c3[nH]2)C1. The summed E-state index contributed by atoms with van der Waals surface area (Å²) in [5.74, 6) is 0.729. The highest BCUT2D eigenvalue weighted by Crippen LogP contribution is 2.29. The number of hydrogen-bond acceptors (Lipinski definition) is 5. The Kier molecular flexibility index (Phi) is 3.77. The third-order valence-electron chi connectivity index (χ3n) is 4.58. The lowest BCUT2D eigenvalue weighted by Gasteiger charge is -2.32. The molecule has 0 saturated carbocycles. The zero-order valence-electron chi connectivity index (χ0n) is 13.9. The van der Waals surface area contributed by atoms with Gasteiger partial charge in [0, 0.05) is 18.7 Å². The zero-order valence-corrected chi connectivity index (χ0v) is 13.9. The van der Waals surface area contributed by atoms with E-state index in [0.717, 1.165) is 24.1 Å². The van der Waals surface area contributed by atoms with Gasteiger partial charge < -0.3 is 21.2 Å². The van der Waals surface area contributed by atoms with Gasteiger partial charge in [0.15, 0.2) is 5.84 Å². The monoisotopic (exact) mass is 336 g/mol. The average molecular weight is 336 g/mol. The molecule has 1 aliphatic rings. The quantitative estimate of drug-likeness (QED) is 0.254. The average Bonchev–Trinajstić information content (AvgIpc) is 3.03. The predicted molar refractivity (Wildman–Crippen MR) is 97.7 cm³/mol. The predicted octanol–water partition coefficient (Wildman–Crippen LogP) is 2.26. The molecule has 0 radical (unpaired) electrons. The van der Waals surface area contributed by atoms with Gasteiger partial charge in [-0.25, -0.2) is 4.98 Å². The van der Waals surface area contributed by atoms with Gasteiger partial charge in [-0.1, -0.05) is 35.5 Å². The van der Waals surface area contributed by atoms with Crippen molar-refractivity contribution in [2.45, 2.75) is 12.6 Å². The number of benzene rings is 2. The van der Waals surface area contributed by atoms with E-state index >= 15 is 0 Å². The van der Waals surface area contributed by atoms with Crippen LogP contribution in [-0.4, -0.2) is 39.5 Å². The fourth-order valence-electron chi connectivity index (χ4n) is 3.44. The lowest BCUT2D eigenvalue weighted by molar-refractivity contribution is 0.291. The number of nitrogens with two attached hydrogens (primary N) is 1. The molecule has 0 fully saturated rings. The number of anilines is 1. The fourth-order valence-corrected chi connectivity index (χ4v) is 3.44. The molecule has 1 atom stereocenters. The maximum atomic E-state index is 8.96. The highest BCUT2D eigenvalue weighted by Gasteiger charge is 2.23. The Hall–Kier alpha value is -3.06. The van der Waals surface area contributed by atoms with E-state index in [2.05, 4.69) is 56.7 Å².